The number of halogens is 1. The Morgan fingerprint density at radius 3 is 2.58 bits per heavy atom. The van der Waals surface area contributed by atoms with E-state index >= 15 is 0 Å². The minimum Gasteiger partial charge on any atom is -0.325 e. The molecule has 8 heteroatoms. The molecule has 0 bridgehead atoms. The van der Waals surface area contributed by atoms with Crippen LogP contribution in [0.5, 0.6) is 0 Å². The van der Waals surface area contributed by atoms with Gasteiger partial charge in [0.25, 0.3) is 0 Å². The standard InChI is InChI=1S/C23H20ClN5OS/c24-19-7-4-8-20(15-19)26-21(30)16-31-23-28-27-22(18-9-12-25-13-10-18)29(23)14-11-17-5-2-1-3-6-17/h1-10,12-13,15H,11,14,16H2,(H,26,30). The van der Waals surface area contributed by atoms with Crippen LogP contribution in [-0.2, 0) is 17.8 Å². The summed E-state index contributed by atoms with van der Waals surface area (Å²) in [5.74, 6) is 0.846. The van der Waals surface area contributed by atoms with Gasteiger partial charge in [-0.1, -0.05) is 59.8 Å². The first-order chi connectivity index (χ1) is 15.2. The fraction of sp³-hybridized carbons (Fsp3) is 0.130. The number of benzene rings is 2. The number of carbonyl (C=O) groups is 1. The number of aryl methyl sites for hydroxylation is 1. The second-order valence-corrected chi connectivity index (χ2v) is 8.16. The number of nitrogens with one attached hydrogen (secondary N) is 1. The first-order valence-corrected chi connectivity index (χ1v) is 11.1. The number of rotatable bonds is 8. The molecule has 0 aliphatic heterocycles. The summed E-state index contributed by atoms with van der Waals surface area (Å²) in [7, 11) is 0. The smallest absolute Gasteiger partial charge is 0.234 e. The monoisotopic (exact) mass is 449 g/mol. The predicted octanol–water partition coefficient (Wildman–Crippen LogP) is 4.97. The molecule has 0 radical (unpaired) electrons. The number of nitrogens with zero attached hydrogens (tertiary/aromatic N) is 4. The van der Waals surface area contributed by atoms with Gasteiger partial charge in [-0.3, -0.25) is 9.78 Å². The van der Waals surface area contributed by atoms with Crippen molar-refractivity contribution >= 4 is 35.0 Å². The second kappa shape index (κ2) is 10.2. The van der Waals surface area contributed by atoms with Crippen molar-refractivity contribution in [1.82, 2.24) is 19.7 Å². The van der Waals surface area contributed by atoms with Gasteiger partial charge < -0.3 is 9.88 Å². The molecular weight excluding hydrogens is 430 g/mol. The van der Waals surface area contributed by atoms with Crippen molar-refractivity contribution in [3.8, 4) is 11.4 Å². The van der Waals surface area contributed by atoms with Crippen LogP contribution < -0.4 is 5.32 Å². The SMILES string of the molecule is O=C(CSc1nnc(-c2ccncc2)n1CCc1ccccc1)Nc1cccc(Cl)c1. The summed E-state index contributed by atoms with van der Waals surface area (Å²) in [6.45, 7) is 0.701. The van der Waals surface area contributed by atoms with Crippen molar-refractivity contribution in [2.75, 3.05) is 11.1 Å². The highest BCUT2D eigenvalue weighted by molar-refractivity contribution is 7.99. The van der Waals surface area contributed by atoms with Gasteiger partial charge >= 0.3 is 0 Å². The molecule has 0 saturated carbocycles. The van der Waals surface area contributed by atoms with Crippen LogP contribution in [0.1, 0.15) is 5.56 Å². The third-order valence-electron chi connectivity index (χ3n) is 4.56. The van der Waals surface area contributed by atoms with Crippen molar-refractivity contribution in [1.29, 1.82) is 0 Å². The molecule has 1 N–H and O–H groups in total. The Morgan fingerprint density at radius 2 is 1.81 bits per heavy atom. The van der Waals surface area contributed by atoms with E-state index in [9.17, 15) is 4.79 Å². The zero-order chi connectivity index (χ0) is 21.5. The maximum Gasteiger partial charge on any atom is 0.234 e. The van der Waals surface area contributed by atoms with Crippen molar-refractivity contribution in [3.63, 3.8) is 0 Å². The topological polar surface area (TPSA) is 72.7 Å². The number of amides is 1. The molecule has 6 nitrogen and oxygen atoms in total. The Bertz CT molecular complexity index is 1150. The average Bonchev–Trinajstić information content (AvgIpc) is 3.20. The molecule has 0 aliphatic carbocycles. The van der Waals surface area contributed by atoms with Gasteiger partial charge in [0.15, 0.2) is 11.0 Å². The van der Waals surface area contributed by atoms with Crippen molar-refractivity contribution in [3.05, 3.63) is 89.7 Å². The van der Waals surface area contributed by atoms with Crippen molar-refractivity contribution in [2.24, 2.45) is 0 Å². The lowest BCUT2D eigenvalue weighted by atomic mass is 10.1. The van der Waals surface area contributed by atoms with Gasteiger partial charge in [-0.05, 0) is 42.3 Å². The molecule has 0 fully saturated rings. The minimum atomic E-state index is -0.129. The first-order valence-electron chi connectivity index (χ1n) is 9.75. The quantitative estimate of drug-likeness (QED) is 0.384. The second-order valence-electron chi connectivity index (χ2n) is 6.78. The molecule has 156 valence electrons. The fourth-order valence-electron chi connectivity index (χ4n) is 3.09. The molecular formula is C23H20ClN5OS. The van der Waals surface area contributed by atoms with Gasteiger partial charge in [0.1, 0.15) is 0 Å². The fourth-order valence-corrected chi connectivity index (χ4v) is 4.05. The van der Waals surface area contributed by atoms with Gasteiger partial charge in [-0.15, -0.1) is 10.2 Å². The summed E-state index contributed by atoms with van der Waals surface area (Å²) in [6.07, 6.45) is 4.30. The maximum atomic E-state index is 12.4. The van der Waals surface area contributed by atoms with Gasteiger partial charge in [0.05, 0.1) is 5.75 Å². The summed E-state index contributed by atoms with van der Waals surface area (Å²) in [5.41, 5.74) is 2.83. The molecule has 1 amide bonds. The van der Waals surface area contributed by atoms with E-state index in [1.165, 1.54) is 17.3 Å². The summed E-state index contributed by atoms with van der Waals surface area (Å²) < 4.78 is 2.06. The maximum absolute atomic E-state index is 12.4. The lowest BCUT2D eigenvalue weighted by Gasteiger charge is -2.11. The number of pyridine rings is 1. The van der Waals surface area contributed by atoms with Gasteiger partial charge in [-0.2, -0.15) is 0 Å². The number of thioether (sulfide) groups is 1. The van der Waals surface area contributed by atoms with Crippen LogP contribution in [0.2, 0.25) is 5.02 Å². The Labute approximate surface area is 189 Å². The molecule has 0 unspecified atom stereocenters. The third kappa shape index (κ3) is 5.71. The molecule has 4 aromatic rings. The number of hydrogen-bond acceptors (Lipinski definition) is 5. The van der Waals surface area contributed by atoms with Crippen LogP contribution >= 0.6 is 23.4 Å². The predicted molar refractivity (Wildman–Crippen MR) is 124 cm³/mol. The highest BCUT2D eigenvalue weighted by Gasteiger charge is 2.16. The number of aromatic nitrogens is 4. The van der Waals surface area contributed by atoms with E-state index in [0.717, 1.165) is 17.8 Å². The van der Waals surface area contributed by atoms with Crippen LogP contribution in [-0.4, -0.2) is 31.4 Å². The number of hydrogen-bond donors (Lipinski definition) is 1. The van der Waals surface area contributed by atoms with Crippen molar-refractivity contribution < 1.29 is 4.79 Å². The van der Waals surface area contributed by atoms with E-state index in [4.69, 9.17) is 11.6 Å². The summed E-state index contributed by atoms with van der Waals surface area (Å²) >= 11 is 7.34. The Morgan fingerprint density at radius 1 is 1.00 bits per heavy atom. The number of anilines is 1. The molecule has 0 saturated heterocycles. The van der Waals surface area contributed by atoms with Gasteiger partial charge in [-0.25, -0.2) is 0 Å². The van der Waals surface area contributed by atoms with E-state index in [1.807, 2.05) is 30.3 Å². The molecule has 31 heavy (non-hydrogen) atoms. The van der Waals surface area contributed by atoms with E-state index in [0.29, 0.717) is 22.4 Å². The zero-order valence-electron chi connectivity index (χ0n) is 16.6. The molecule has 0 atom stereocenters. The zero-order valence-corrected chi connectivity index (χ0v) is 18.2. The summed E-state index contributed by atoms with van der Waals surface area (Å²) in [4.78, 5) is 16.5. The van der Waals surface area contributed by atoms with Crippen LogP contribution in [0, 0.1) is 0 Å². The highest BCUT2D eigenvalue weighted by atomic mass is 35.5. The number of carbonyl (C=O) groups excluding carboxylic acids is 1. The Kier molecular flexibility index (Phi) is 6.96. The molecule has 2 aromatic carbocycles. The summed E-state index contributed by atoms with van der Waals surface area (Å²) in [5, 5.41) is 12.9. The van der Waals surface area contributed by atoms with E-state index in [-0.39, 0.29) is 11.7 Å². The average molecular weight is 450 g/mol. The van der Waals surface area contributed by atoms with Gasteiger partial charge in [0.2, 0.25) is 5.91 Å². The Balaban J connectivity index is 1.49. The largest absolute Gasteiger partial charge is 0.325 e. The van der Waals surface area contributed by atoms with Crippen LogP contribution in [0.3, 0.4) is 0 Å². The van der Waals surface area contributed by atoms with Crippen LogP contribution in [0.15, 0.2) is 84.3 Å². The minimum absolute atomic E-state index is 0.129. The van der Waals surface area contributed by atoms with E-state index < -0.39 is 0 Å². The highest BCUT2D eigenvalue weighted by Crippen LogP contribution is 2.24. The molecule has 2 aromatic heterocycles. The van der Waals surface area contributed by atoms with Gasteiger partial charge in [0, 0.05) is 35.2 Å². The molecule has 0 aliphatic rings. The third-order valence-corrected chi connectivity index (χ3v) is 5.76. The molecule has 0 spiro atoms. The van der Waals surface area contributed by atoms with E-state index in [1.54, 1.807) is 36.7 Å². The Hall–Kier alpha value is -3.16. The van der Waals surface area contributed by atoms with E-state index in [2.05, 4.69) is 37.2 Å². The van der Waals surface area contributed by atoms with Crippen LogP contribution in [0.25, 0.3) is 11.4 Å². The van der Waals surface area contributed by atoms with Crippen LogP contribution in [0.4, 0.5) is 5.69 Å². The lowest BCUT2D eigenvalue weighted by molar-refractivity contribution is -0.113. The lowest BCUT2D eigenvalue weighted by Crippen LogP contribution is -2.15. The normalized spacial score (nSPS) is 10.7. The first kappa shape index (κ1) is 21.1. The summed E-state index contributed by atoms with van der Waals surface area (Å²) in [6, 6.07) is 21.2. The molecule has 2 heterocycles. The van der Waals surface area contributed by atoms with Crippen molar-refractivity contribution in [2.45, 2.75) is 18.1 Å². The molecule has 4 rings (SSSR count).